The number of rotatable bonds is 4. The Morgan fingerprint density at radius 2 is 1.80 bits per heavy atom. The van der Waals surface area contributed by atoms with E-state index in [1.807, 2.05) is 6.92 Å². The number of urea groups is 1. The average molecular weight is 303 g/mol. The molecule has 0 atom stereocenters. The van der Waals surface area contributed by atoms with Gasteiger partial charge in [-0.05, 0) is 26.2 Å². The summed E-state index contributed by atoms with van der Waals surface area (Å²) < 4.78 is 25.0. The Bertz CT molecular complexity index is 509. The average Bonchev–Trinajstić information content (AvgIpc) is 2.64. The molecular weight excluding hydrogens is 282 g/mol. The number of imide groups is 1. The third-order valence-electron chi connectivity index (χ3n) is 4.03. The molecule has 2 aliphatic heterocycles. The van der Waals surface area contributed by atoms with Crippen LogP contribution in [0.5, 0.6) is 0 Å². The Labute approximate surface area is 119 Å². The summed E-state index contributed by atoms with van der Waals surface area (Å²) in [6, 6.07) is -0.358. The van der Waals surface area contributed by atoms with Crippen molar-refractivity contribution in [1.29, 1.82) is 0 Å². The van der Waals surface area contributed by atoms with Gasteiger partial charge in [0.1, 0.15) is 5.54 Å². The highest BCUT2D eigenvalue weighted by molar-refractivity contribution is 7.89. The Balaban J connectivity index is 2.10. The molecule has 2 rings (SSSR count). The molecule has 0 unspecified atom stereocenters. The first-order valence-corrected chi connectivity index (χ1v) is 8.59. The Hall–Kier alpha value is -1.15. The van der Waals surface area contributed by atoms with Gasteiger partial charge in [0.05, 0.1) is 5.75 Å². The first-order chi connectivity index (χ1) is 9.36. The minimum atomic E-state index is -3.23. The second-order valence-corrected chi connectivity index (χ2v) is 7.53. The van der Waals surface area contributed by atoms with Crippen molar-refractivity contribution in [3.8, 4) is 0 Å². The predicted molar refractivity (Wildman–Crippen MR) is 73.5 cm³/mol. The summed E-state index contributed by atoms with van der Waals surface area (Å²) in [7, 11) is -3.23. The summed E-state index contributed by atoms with van der Waals surface area (Å²) in [5.41, 5.74) is -0.897. The SMILES string of the molecule is CCCN1C(=O)NC2(CCN(S(=O)(=O)CC)CC2)C1=O. The highest BCUT2D eigenvalue weighted by Crippen LogP contribution is 2.30. The first kappa shape index (κ1) is 15.2. The molecule has 0 radical (unpaired) electrons. The second kappa shape index (κ2) is 5.33. The van der Waals surface area contributed by atoms with Crippen molar-refractivity contribution in [3.63, 3.8) is 0 Å². The standard InChI is InChI=1S/C12H21N3O4S/c1-3-7-15-10(16)12(13-11(15)17)5-8-14(9-6-12)20(18,19)4-2/h3-9H2,1-2H3,(H,13,17). The molecule has 20 heavy (non-hydrogen) atoms. The minimum absolute atomic E-state index is 0.0578. The van der Waals surface area contributed by atoms with Gasteiger partial charge < -0.3 is 5.32 Å². The molecule has 2 saturated heterocycles. The van der Waals surface area contributed by atoms with E-state index < -0.39 is 15.6 Å². The van der Waals surface area contributed by atoms with Gasteiger partial charge in [0.25, 0.3) is 5.91 Å². The van der Waals surface area contributed by atoms with Crippen LogP contribution in [0, 0.1) is 0 Å². The molecular formula is C12H21N3O4S. The van der Waals surface area contributed by atoms with Gasteiger partial charge in [-0.3, -0.25) is 9.69 Å². The van der Waals surface area contributed by atoms with Crippen LogP contribution in [0.15, 0.2) is 0 Å². The van der Waals surface area contributed by atoms with Gasteiger partial charge in [0.15, 0.2) is 0 Å². The van der Waals surface area contributed by atoms with E-state index in [2.05, 4.69) is 5.32 Å². The van der Waals surface area contributed by atoms with Gasteiger partial charge in [-0.25, -0.2) is 17.5 Å². The van der Waals surface area contributed by atoms with Crippen molar-refractivity contribution in [3.05, 3.63) is 0 Å². The van der Waals surface area contributed by atoms with Crippen molar-refractivity contribution < 1.29 is 18.0 Å². The fourth-order valence-electron chi connectivity index (χ4n) is 2.77. The van der Waals surface area contributed by atoms with E-state index >= 15 is 0 Å². The van der Waals surface area contributed by atoms with Gasteiger partial charge in [-0.2, -0.15) is 0 Å². The molecule has 0 aromatic heterocycles. The summed E-state index contributed by atoms with van der Waals surface area (Å²) >= 11 is 0. The Kier molecular flexibility index (Phi) is 4.06. The zero-order chi connectivity index (χ0) is 15.0. The van der Waals surface area contributed by atoms with Crippen LogP contribution in [0.4, 0.5) is 4.79 Å². The molecule has 2 fully saturated rings. The summed E-state index contributed by atoms with van der Waals surface area (Å²) in [4.78, 5) is 25.5. The van der Waals surface area contributed by atoms with E-state index in [0.29, 0.717) is 25.8 Å². The summed E-state index contributed by atoms with van der Waals surface area (Å²) in [5.74, 6) is -0.152. The monoisotopic (exact) mass is 303 g/mol. The number of carbonyl (C=O) groups is 2. The van der Waals surface area contributed by atoms with Crippen LogP contribution in [0.3, 0.4) is 0 Å². The lowest BCUT2D eigenvalue weighted by Crippen LogP contribution is -2.56. The molecule has 0 bridgehead atoms. The maximum absolute atomic E-state index is 12.4. The highest BCUT2D eigenvalue weighted by Gasteiger charge is 2.52. The number of carbonyl (C=O) groups excluding carboxylic acids is 2. The topological polar surface area (TPSA) is 86.8 Å². The van der Waals surface area contributed by atoms with Gasteiger partial charge >= 0.3 is 6.03 Å². The molecule has 1 N–H and O–H groups in total. The van der Waals surface area contributed by atoms with Gasteiger partial charge in [0.2, 0.25) is 10.0 Å². The lowest BCUT2D eigenvalue weighted by Gasteiger charge is -2.36. The zero-order valence-corrected chi connectivity index (χ0v) is 12.7. The molecule has 0 aromatic carbocycles. The smallest absolute Gasteiger partial charge is 0.323 e. The first-order valence-electron chi connectivity index (χ1n) is 6.98. The van der Waals surface area contributed by atoms with E-state index in [0.717, 1.165) is 0 Å². The highest BCUT2D eigenvalue weighted by atomic mass is 32.2. The van der Waals surface area contributed by atoms with Crippen molar-refractivity contribution in [2.75, 3.05) is 25.4 Å². The van der Waals surface area contributed by atoms with Crippen LogP contribution >= 0.6 is 0 Å². The molecule has 0 aromatic rings. The number of sulfonamides is 1. The summed E-state index contributed by atoms with van der Waals surface area (Å²) in [5, 5.41) is 2.76. The number of amides is 3. The molecule has 1 spiro atoms. The van der Waals surface area contributed by atoms with Crippen LogP contribution < -0.4 is 5.32 Å². The quantitative estimate of drug-likeness (QED) is 0.748. The molecule has 0 aliphatic carbocycles. The predicted octanol–water partition coefficient (Wildman–Crippen LogP) is 0.133. The number of nitrogens with zero attached hydrogens (tertiary/aromatic N) is 2. The lowest BCUT2D eigenvalue weighted by molar-refractivity contribution is -0.132. The third-order valence-corrected chi connectivity index (χ3v) is 5.91. The van der Waals surface area contributed by atoms with Crippen LogP contribution in [0.1, 0.15) is 33.1 Å². The fraction of sp³-hybridized carbons (Fsp3) is 0.833. The van der Waals surface area contributed by atoms with Gasteiger partial charge in [-0.1, -0.05) is 6.92 Å². The summed E-state index contributed by atoms with van der Waals surface area (Å²) in [6.07, 6.45) is 1.40. The normalized spacial score (nSPS) is 23.4. The lowest BCUT2D eigenvalue weighted by atomic mass is 9.88. The van der Waals surface area contributed by atoms with E-state index in [1.165, 1.54) is 9.21 Å². The molecule has 114 valence electrons. The Morgan fingerprint density at radius 1 is 1.20 bits per heavy atom. The maximum Gasteiger partial charge on any atom is 0.325 e. The van der Waals surface area contributed by atoms with Crippen molar-refractivity contribution in [2.45, 2.75) is 38.6 Å². The van der Waals surface area contributed by atoms with Crippen LogP contribution in [0.25, 0.3) is 0 Å². The largest absolute Gasteiger partial charge is 0.325 e. The van der Waals surface area contributed by atoms with Crippen LogP contribution in [-0.4, -0.2) is 60.5 Å². The van der Waals surface area contributed by atoms with Crippen molar-refractivity contribution in [1.82, 2.24) is 14.5 Å². The van der Waals surface area contributed by atoms with Crippen LogP contribution in [-0.2, 0) is 14.8 Å². The molecule has 8 heteroatoms. The summed E-state index contributed by atoms with van der Waals surface area (Å²) in [6.45, 7) is 4.47. The number of hydrogen-bond acceptors (Lipinski definition) is 4. The van der Waals surface area contributed by atoms with E-state index in [9.17, 15) is 18.0 Å². The maximum atomic E-state index is 12.4. The molecule has 7 nitrogen and oxygen atoms in total. The molecule has 2 heterocycles. The second-order valence-electron chi connectivity index (χ2n) is 5.27. The van der Waals surface area contributed by atoms with Crippen molar-refractivity contribution >= 4 is 22.0 Å². The van der Waals surface area contributed by atoms with Crippen LogP contribution in [0.2, 0.25) is 0 Å². The molecule has 2 aliphatic rings. The third kappa shape index (κ3) is 2.42. The molecule has 0 saturated carbocycles. The van der Waals surface area contributed by atoms with E-state index in [4.69, 9.17) is 0 Å². The Morgan fingerprint density at radius 3 is 2.30 bits per heavy atom. The molecule has 3 amide bonds. The minimum Gasteiger partial charge on any atom is -0.323 e. The van der Waals surface area contributed by atoms with E-state index in [1.54, 1.807) is 6.92 Å². The van der Waals surface area contributed by atoms with Crippen molar-refractivity contribution in [2.24, 2.45) is 0 Å². The zero-order valence-electron chi connectivity index (χ0n) is 11.9. The number of piperidine rings is 1. The number of hydrogen-bond donors (Lipinski definition) is 1. The number of nitrogens with one attached hydrogen (secondary N) is 1. The van der Waals surface area contributed by atoms with Gasteiger partial charge in [0, 0.05) is 19.6 Å². The van der Waals surface area contributed by atoms with Gasteiger partial charge in [-0.15, -0.1) is 0 Å². The van der Waals surface area contributed by atoms with E-state index in [-0.39, 0.29) is 30.8 Å². The fourth-order valence-corrected chi connectivity index (χ4v) is 3.87.